The number of allylic oxidation sites excluding steroid dienone is 1. The first-order chi connectivity index (χ1) is 13.2. The Morgan fingerprint density at radius 3 is 1.93 bits per heavy atom. The number of benzene rings is 3. The minimum absolute atomic E-state index is 0.254. The Labute approximate surface area is 162 Å². The number of ether oxygens (including phenoxy) is 1. The first-order valence-corrected chi connectivity index (χ1v) is 10.4. The van der Waals surface area contributed by atoms with Gasteiger partial charge in [0.15, 0.2) is 0 Å². The van der Waals surface area contributed by atoms with Crippen LogP contribution in [0, 0.1) is 0 Å². The van der Waals surface area contributed by atoms with Crippen molar-refractivity contribution in [2.24, 2.45) is 0 Å². The van der Waals surface area contributed by atoms with Crippen LogP contribution in [-0.2, 0) is 4.74 Å². The molecule has 1 atom stereocenters. The zero-order valence-electron chi connectivity index (χ0n) is 15.6. The van der Waals surface area contributed by atoms with Gasteiger partial charge in [-0.05, 0) is 49.8 Å². The van der Waals surface area contributed by atoms with Gasteiger partial charge in [0, 0.05) is 0 Å². The van der Waals surface area contributed by atoms with Crippen molar-refractivity contribution in [3.05, 3.63) is 103 Å². The van der Waals surface area contributed by atoms with Crippen LogP contribution in [0.2, 0.25) is 0 Å². The first kappa shape index (κ1) is 19.1. The third-order valence-electron chi connectivity index (χ3n) is 4.15. The standard InChI is InChI=1S/C24H23O2P/c1-3-12-19(2)26-24(25)22-17-10-11-18-23(22)27(20-13-6-4-7-14-20)21-15-8-5-9-16-21/h3-19H,1-2H3/b12-3+/t19-/m1/s1. The minimum atomic E-state index is -0.851. The zero-order chi connectivity index (χ0) is 19.1. The molecule has 0 bridgehead atoms. The summed E-state index contributed by atoms with van der Waals surface area (Å²) < 4.78 is 5.62. The van der Waals surface area contributed by atoms with E-state index in [2.05, 4.69) is 24.3 Å². The molecule has 0 saturated carbocycles. The van der Waals surface area contributed by atoms with Crippen LogP contribution in [0.15, 0.2) is 97.1 Å². The van der Waals surface area contributed by atoms with E-state index in [9.17, 15) is 4.79 Å². The van der Waals surface area contributed by atoms with Crippen LogP contribution in [0.25, 0.3) is 0 Å². The van der Waals surface area contributed by atoms with Crippen LogP contribution in [-0.4, -0.2) is 12.1 Å². The quantitative estimate of drug-likeness (QED) is 0.359. The molecule has 27 heavy (non-hydrogen) atoms. The van der Waals surface area contributed by atoms with E-state index in [0.29, 0.717) is 5.56 Å². The third kappa shape index (κ3) is 4.72. The fourth-order valence-electron chi connectivity index (χ4n) is 2.97. The summed E-state index contributed by atoms with van der Waals surface area (Å²) in [4.78, 5) is 12.9. The average Bonchev–Trinajstić information content (AvgIpc) is 2.70. The molecule has 2 nitrogen and oxygen atoms in total. The molecule has 3 aromatic rings. The number of hydrogen-bond acceptors (Lipinski definition) is 2. The molecular formula is C24H23O2P. The molecule has 0 fully saturated rings. The Kier molecular flexibility index (Phi) is 6.57. The molecule has 0 aliphatic carbocycles. The summed E-state index contributed by atoms with van der Waals surface area (Å²) in [6, 6.07) is 28.5. The number of carbonyl (C=O) groups excluding carboxylic acids is 1. The molecule has 0 aromatic heterocycles. The lowest BCUT2D eigenvalue weighted by molar-refractivity contribution is 0.0426. The second-order valence-electron chi connectivity index (χ2n) is 6.16. The maximum atomic E-state index is 12.9. The molecule has 0 aliphatic rings. The van der Waals surface area contributed by atoms with E-state index in [1.54, 1.807) is 0 Å². The zero-order valence-corrected chi connectivity index (χ0v) is 16.5. The summed E-state index contributed by atoms with van der Waals surface area (Å²) in [5.74, 6) is -0.282. The fraction of sp³-hybridized carbons (Fsp3) is 0.125. The normalized spacial score (nSPS) is 12.3. The maximum absolute atomic E-state index is 12.9. The average molecular weight is 374 g/mol. The Balaban J connectivity index is 2.07. The van der Waals surface area contributed by atoms with Crippen LogP contribution in [0.5, 0.6) is 0 Å². The molecule has 0 N–H and O–H groups in total. The van der Waals surface area contributed by atoms with Gasteiger partial charge in [-0.3, -0.25) is 0 Å². The van der Waals surface area contributed by atoms with E-state index >= 15 is 0 Å². The van der Waals surface area contributed by atoms with Gasteiger partial charge in [-0.15, -0.1) is 0 Å². The lowest BCUT2D eigenvalue weighted by Crippen LogP contribution is -2.26. The molecular weight excluding hydrogens is 351 g/mol. The topological polar surface area (TPSA) is 26.3 Å². The molecule has 136 valence electrons. The van der Waals surface area contributed by atoms with E-state index < -0.39 is 7.92 Å². The number of carbonyl (C=O) groups is 1. The highest BCUT2D eigenvalue weighted by Crippen LogP contribution is 2.34. The minimum Gasteiger partial charge on any atom is -0.455 e. The SMILES string of the molecule is C/C=C/[C@@H](C)OC(=O)c1ccccc1P(c1ccccc1)c1ccccc1. The highest BCUT2D eigenvalue weighted by atomic mass is 31.1. The van der Waals surface area contributed by atoms with E-state index in [1.807, 2.05) is 86.7 Å². The molecule has 3 rings (SSSR count). The molecule has 0 unspecified atom stereocenters. The summed E-state index contributed by atoms with van der Waals surface area (Å²) in [7, 11) is -0.851. The van der Waals surface area contributed by atoms with E-state index in [-0.39, 0.29) is 12.1 Å². The second kappa shape index (κ2) is 9.30. The molecule has 0 spiro atoms. The fourth-order valence-corrected chi connectivity index (χ4v) is 5.40. The van der Waals surface area contributed by atoms with Gasteiger partial charge >= 0.3 is 5.97 Å². The highest BCUT2D eigenvalue weighted by Gasteiger charge is 2.23. The predicted octanol–water partition coefficient (Wildman–Crippen LogP) is 4.57. The molecule has 0 aliphatic heterocycles. The van der Waals surface area contributed by atoms with Crippen LogP contribution in [0.1, 0.15) is 24.2 Å². The monoisotopic (exact) mass is 374 g/mol. The number of esters is 1. The smallest absolute Gasteiger partial charge is 0.339 e. The molecule has 3 aromatic carbocycles. The van der Waals surface area contributed by atoms with E-state index in [4.69, 9.17) is 4.74 Å². The lowest BCUT2D eigenvalue weighted by atomic mass is 10.2. The van der Waals surface area contributed by atoms with Gasteiger partial charge in [-0.25, -0.2) is 4.79 Å². The first-order valence-electron chi connectivity index (χ1n) is 9.03. The van der Waals surface area contributed by atoms with Crippen molar-refractivity contribution in [1.29, 1.82) is 0 Å². The van der Waals surface area contributed by atoms with Crippen LogP contribution in [0.4, 0.5) is 0 Å². The Bertz CT molecular complexity index is 864. The van der Waals surface area contributed by atoms with Crippen molar-refractivity contribution in [3.8, 4) is 0 Å². The van der Waals surface area contributed by atoms with Crippen molar-refractivity contribution in [2.45, 2.75) is 20.0 Å². The number of rotatable bonds is 6. The van der Waals surface area contributed by atoms with Gasteiger partial charge in [0.1, 0.15) is 6.10 Å². The van der Waals surface area contributed by atoms with Crippen molar-refractivity contribution in [1.82, 2.24) is 0 Å². The second-order valence-corrected chi connectivity index (χ2v) is 8.35. The van der Waals surface area contributed by atoms with Crippen LogP contribution >= 0.6 is 7.92 Å². The summed E-state index contributed by atoms with van der Waals surface area (Å²) in [6.07, 6.45) is 3.51. The number of hydrogen-bond donors (Lipinski definition) is 0. The Morgan fingerprint density at radius 1 is 0.852 bits per heavy atom. The molecule has 0 radical (unpaired) electrons. The van der Waals surface area contributed by atoms with Crippen LogP contribution in [0.3, 0.4) is 0 Å². The molecule has 3 heteroatoms. The predicted molar refractivity (Wildman–Crippen MR) is 115 cm³/mol. The summed E-state index contributed by atoms with van der Waals surface area (Å²) >= 11 is 0. The lowest BCUT2D eigenvalue weighted by Gasteiger charge is -2.22. The largest absolute Gasteiger partial charge is 0.455 e. The molecule has 0 amide bonds. The van der Waals surface area contributed by atoms with E-state index in [0.717, 1.165) is 5.30 Å². The molecule has 0 heterocycles. The van der Waals surface area contributed by atoms with Crippen LogP contribution < -0.4 is 15.9 Å². The summed E-state index contributed by atoms with van der Waals surface area (Å²) in [5.41, 5.74) is 0.632. The third-order valence-corrected chi connectivity index (χ3v) is 6.65. The molecule has 0 saturated heterocycles. The maximum Gasteiger partial charge on any atom is 0.339 e. The van der Waals surface area contributed by atoms with Crippen molar-refractivity contribution in [2.75, 3.05) is 0 Å². The van der Waals surface area contributed by atoms with Gasteiger partial charge < -0.3 is 4.74 Å². The van der Waals surface area contributed by atoms with Crippen molar-refractivity contribution < 1.29 is 9.53 Å². The summed E-state index contributed by atoms with van der Waals surface area (Å²) in [6.45, 7) is 3.79. The van der Waals surface area contributed by atoms with Gasteiger partial charge in [-0.1, -0.05) is 84.9 Å². The summed E-state index contributed by atoms with van der Waals surface area (Å²) in [5, 5.41) is 3.43. The van der Waals surface area contributed by atoms with E-state index in [1.165, 1.54) is 10.6 Å². The van der Waals surface area contributed by atoms with Gasteiger partial charge in [0.25, 0.3) is 0 Å². The highest BCUT2D eigenvalue weighted by molar-refractivity contribution is 7.80. The van der Waals surface area contributed by atoms with Gasteiger partial charge in [-0.2, -0.15) is 0 Å². The van der Waals surface area contributed by atoms with Crippen molar-refractivity contribution >= 4 is 29.8 Å². The van der Waals surface area contributed by atoms with Gasteiger partial charge in [0.2, 0.25) is 0 Å². The van der Waals surface area contributed by atoms with Crippen molar-refractivity contribution in [3.63, 3.8) is 0 Å². The Hall–Kier alpha value is -2.70. The van der Waals surface area contributed by atoms with Gasteiger partial charge in [0.05, 0.1) is 5.56 Å². The Morgan fingerprint density at radius 2 is 1.37 bits per heavy atom.